The number of nitrogens with one attached hydrogen (secondary N) is 1. The van der Waals surface area contributed by atoms with E-state index in [9.17, 15) is 14.7 Å². The van der Waals surface area contributed by atoms with E-state index in [-0.39, 0.29) is 24.8 Å². The van der Waals surface area contributed by atoms with Gasteiger partial charge < -0.3 is 10.4 Å². The van der Waals surface area contributed by atoms with Gasteiger partial charge in [0, 0.05) is 47.5 Å². The molecule has 0 fully saturated rings. The minimum absolute atomic E-state index is 0.101. The van der Waals surface area contributed by atoms with Crippen LogP contribution in [0.3, 0.4) is 0 Å². The van der Waals surface area contributed by atoms with Crippen molar-refractivity contribution in [3.05, 3.63) is 69.9 Å². The zero-order valence-electron chi connectivity index (χ0n) is 18.8. The molecular formula is C26H25ClN4O3. The maximum atomic E-state index is 13.4. The Labute approximate surface area is 202 Å². The SMILES string of the molecule is C#CCCC1(CCNC(=O)Cc2c(C)n(C(=O)c3ccc(Cl)cc3)c3ccc(CO)cc23)N=N1. The number of rotatable bonds is 9. The molecule has 4 rings (SSSR count). The lowest BCUT2D eigenvalue weighted by molar-refractivity contribution is -0.120. The number of aliphatic hydroxyl groups is 1. The topological polar surface area (TPSA) is 96.0 Å². The minimum atomic E-state index is -0.452. The van der Waals surface area contributed by atoms with Crippen LogP contribution in [0.25, 0.3) is 10.9 Å². The molecule has 0 spiro atoms. The zero-order valence-corrected chi connectivity index (χ0v) is 19.6. The zero-order chi connectivity index (χ0) is 24.3. The molecule has 0 saturated heterocycles. The Morgan fingerprint density at radius 1 is 1.18 bits per heavy atom. The van der Waals surface area contributed by atoms with Gasteiger partial charge in [0.2, 0.25) is 5.91 Å². The monoisotopic (exact) mass is 476 g/mol. The number of amides is 1. The van der Waals surface area contributed by atoms with Gasteiger partial charge >= 0.3 is 0 Å². The molecule has 174 valence electrons. The van der Waals surface area contributed by atoms with E-state index in [1.807, 2.05) is 13.0 Å². The Morgan fingerprint density at radius 2 is 1.91 bits per heavy atom. The summed E-state index contributed by atoms with van der Waals surface area (Å²) in [6.07, 6.45) is 7.30. The van der Waals surface area contributed by atoms with E-state index < -0.39 is 5.66 Å². The third-order valence-electron chi connectivity index (χ3n) is 6.11. The number of halogens is 1. The number of carbonyl (C=O) groups excluding carboxylic acids is 2. The molecule has 0 bridgehead atoms. The fraction of sp³-hybridized carbons (Fsp3) is 0.308. The number of carbonyl (C=O) groups is 2. The quantitative estimate of drug-likeness (QED) is 0.448. The highest BCUT2D eigenvalue weighted by atomic mass is 35.5. The summed E-state index contributed by atoms with van der Waals surface area (Å²) in [5.41, 5.74) is 2.85. The second-order valence-electron chi connectivity index (χ2n) is 8.38. The van der Waals surface area contributed by atoms with Crippen molar-refractivity contribution in [1.82, 2.24) is 9.88 Å². The molecule has 2 N–H and O–H groups in total. The van der Waals surface area contributed by atoms with Crippen molar-refractivity contribution in [3.63, 3.8) is 0 Å². The summed E-state index contributed by atoms with van der Waals surface area (Å²) in [5, 5.41) is 22.0. The number of terminal acetylenes is 1. The van der Waals surface area contributed by atoms with E-state index >= 15 is 0 Å². The first-order valence-corrected chi connectivity index (χ1v) is 11.4. The molecule has 2 heterocycles. The molecule has 1 aliphatic heterocycles. The largest absolute Gasteiger partial charge is 0.392 e. The van der Waals surface area contributed by atoms with Crippen LogP contribution in [0.15, 0.2) is 52.7 Å². The minimum Gasteiger partial charge on any atom is -0.392 e. The van der Waals surface area contributed by atoms with Crippen molar-refractivity contribution >= 4 is 34.3 Å². The lowest BCUT2D eigenvalue weighted by atomic mass is 10.0. The molecule has 34 heavy (non-hydrogen) atoms. The first kappa shape index (κ1) is 23.7. The highest BCUT2D eigenvalue weighted by Gasteiger charge is 2.38. The molecule has 0 saturated carbocycles. The van der Waals surface area contributed by atoms with E-state index in [1.54, 1.807) is 41.0 Å². The highest BCUT2D eigenvalue weighted by Crippen LogP contribution is 2.36. The van der Waals surface area contributed by atoms with Gasteiger partial charge in [0.25, 0.3) is 5.91 Å². The van der Waals surface area contributed by atoms with Gasteiger partial charge in [-0.2, -0.15) is 10.2 Å². The third kappa shape index (κ3) is 4.89. The normalized spacial score (nSPS) is 13.6. The van der Waals surface area contributed by atoms with Crippen LogP contribution in [-0.2, 0) is 17.8 Å². The van der Waals surface area contributed by atoms with Crippen molar-refractivity contribution in [2.24, 2.45) is 10.2 Å². The molecule has 8 heteroatoms. The van der Waals surface area contributed by atoms with Crippen LogP contribution in [0.2, 0.25) is 5.02 Å². The molecule has 0 aliphatic carbocycles. The van der Waals surface area contributed by atoms with Crippen molar-refractivity contribution in [2.75, 3.05) is 6.54 Å². The Balaban J connectivity index is 1.57. The van der Waals surface area contributed by atoms with Crippen molar-refractivity contribution in [3.8, 4) is 12.3 Å². The first-order valence-electron chi connectivity index (χ1n) is 11.1. The number of benzene rings is 2. The van der Waals surface area contributed by atoms with Gasteiger partial charge in [-0.1, -0.05) is 17.7 Å². The summed E-state index contributed by atoms with van der Waals surface area (Å²) in [6.45, 7) is 2.12. The number of hydrogen-bond acceptors (Lipinski definition) is 5. The van der Waals surface area contributed by atoms with E-state index in [1.165, 1.54) is 0 Å². The van der Waals surface area contributed by atoms with Gasteiger partial charge in [-0.3, -0.25) is 14.2 Å². The molecule has 0 atom stereocenters. The molecule has 0 unspecified atom stereocenters. The van der Waals surface area contributed by atoms with Crippen LogP contribution < -0.4 is 5.32 Å². The maximum Gasteiger partial charge on any atom is 0.262 e. The lowest BCUT2D eigenvalue weighted by Gasteiger charge is -2.10. The third-order valence-corrected chi connectivity index (χ3v) is 6.37. The summed E-state index contributed by atoms with van der Waals surface area (Å²) >= 11 is 5.98. The lowest BCUT2D eigenvalue weighted by Crippen LogP contribution is -2.29. The average Bonchev–Trinajstić information content (AvgIpc) is 3.56. The van der Waals surface area contributed by atoms with Gasteiger partial charge in [-0.05, 0) is 54.4 Å². The Bertz CT molecular complexity index is 1310. The summed E-state index contributed by atoms with van der Waals surface area (Å²) in [7, 11) is 0. The molecule has 0 radical (unpaired) electrons. The van der Waals surface area contributed by atoms with E-state index in [0.717, 1.165) is 10.9 Å². The van der Waals surface area contributed by atoms with Crippen LogP contribution in [0.4, 0.5) is 0 Å². The van der Waals surface area contributed by atoms with Crippen LogP contribution in [0.5, 0.6) is 0 Å². The fourth-order valence-electron chi connectivity index (χ4n) is 4.13. The fourth-order valence-corrected chi connectivity index (χ4v) is 4.25. The van der Waals surface area contributed by atoms with Crippen molar-refractivity contribution in [1.29, 1.82) is 0 Å². The molecule has 2 aromatic carbocycles. The molecule has 1 amide bonds. The molecule has 1 aromatic heterocycles. The highest BCUT2D eigenvalue weighted by molar-refractivity contribution is 6.30. The standard InChI is InChI=1S/C26H25ClN4O3/c1-3-4-11-26(29-30-26)12-13-28-24(33)15-21-17(2)31(23-10-5-18(16-32)14-22(21)23)25(34)19-6-8-20(27)9-7-19/h1,5-10,14,32H,4,11-13,15-16H2,2H3,(H,28,33). The summed E-state index contributed by atoms with van der Waals surface area (Å²) < 4.78 is 1.61. The smallest absolute Gasteiger partial charge is 0.262 e. The molecule has 3 aromatic rings. The van der Waals surface area contributed by atoms with E-state index in [2.05, 4.69) is 21.5 Å². The van der Waals surface area contributed by atoms with Crippen LogP contribution >= 0.6 is 11.6 Å². The van der Waals surface area contributed by atoms with Crippen molar-refractivity contribution in [2.45, 2.75) is 44.9 Å². The van der Waals surface area contributed by atoms with Gasteiger partial charge in [0.05, 0.1) is 18.5 Å². The van der Waals surface area contributed by atoms with Crippen LogP contribution in [-0.4, -0.2) is 33.7 Å². The Morgan fingerprint density at radius 3 is 2.56 bits per heavy atom. The first-order chi connectivity index (χ1) is 16.4. The van der Waals surface area contributed by atoms with Gasteiger partial charge in [-0.25, -0.2) is 0 Å². The Kier molecular flexibility index (Phi) is 6.82. The van der Waals surface area contributed by atoms with Gasteiger partial charge in [0.15, 0.2) is 5.66 Å². The van der Waals surface area contributed by atoms with E-state index in [0.29, 0.717) is 53.2 Å². The number of hydrogen-bond donors (Lipinski definition) is 2. The summed E-state index contributed by atoms with van der Waals surface area (Å²) in [4.78, 5) is 26.2. The molecular weight excluding hydrogens is 452 g/mol. The van der Waals surface area contributed by atoms with Crippen LogP contribution in [0, 0.1) is 19.3 Å². The van der Waals surface area contributed by atoms with E-state index in [4.69, 9.17) is 18.0 Å². The Hall–Kier alpha value is -3.47. The maximum absolute atomic E-state index is 13.4. The predicted octanol–water partition coefficient (Wildman–Crippen LogP) is 4.41. The van der Waals surface area contributed by atoms with Crippen LogP contribution in [0.1, 0.15) is 46.4 Å². The summed E-state index contributed by atoms with van der Waals surface area (Å²) in [6, 6.07) is 12.1. The van der Waals surface area contributed by atoms with Crippen molar-refractivity contribution < 1.29 is 14.7 Å². The number of fused-ring (bicyclic) bond motifs is 1. The number of aliphatic hydroxyl groups excluding tert-OH is 1. The van der Waals surface area contributed by atoms with Gasteiger partial charge in [0.1, 0.15) is 0 Å². The number of nitrogens with zero attached hydrogens (tertiary/aromatic N) is 3. The predicted molar refractivity (Wildman–Crippen MR) is 131 cm³/mol. The average molecular weight is 477 g/mol. The second-order valence-corrected chi connectivity index (χ2v) is 8.82. The second kappa shape index (κ2) is 9.80. The summed E-state index contributed by atoms with van der Waals surface area (Å²) in [5.74, 6) is 2.22. The van der Waals surface area contributed by atoms with Gasteiger partial charge in [-0.15, -0.1) is 12.3 Å². The number of aromatic nitrogens is 1. The molecule has 7 nitrogen and oxygen atoms in total. The molecule has 1 aliphatic rings.